The third-order valence-electron chi connectivity index (χ3n) is 0. The van der Waals surface area contributed by atoms with Crippen molar-refractivity contribution in [2.75, 3.05) is 7.11 Å². The van der Waals surface area contributed by atoms with Crippen molar-refractivity contribution < 1.29 is 33.0 Å². The second kappa shape index (κ2) is 22.7. The monoisotopic (exact) mass is 220 g/mol. The molecular formula is C7H15F3O4. The van der Waals surface area contributed by atoms with Gasteiger partial charge in [-0.3, -0.25) is 4.79 Å². The van der Waals surface area contributed by atoms with Crippen molar-refractivity contribution in [3.8, 4) is 0 Å². The lowest BCUT2D eigenvalue weighted by atomic mass is 10.6. The Hall–Kier alpha value is -1.11. The Bertz CT molecular complexity index is 105. The van der Waals surface area contributed by atoms with Crippen LogP contribution in [0.4, 0.5) is 13.2 Å². The first-order valence-electron chi connectivity index (χ1n) is 3.23. The summed E-state index contributed by atoms with van der Waals surface area (Å²) in [6, 6.07) is 0. The molecule has 0 amide bonds. The first-order valence-corrected chi connectivity index (χ1v) is 3.23. The Balaban J connectivity index is -0.0000000492. The van der Waals surface area contributed by atoms with Gasteiger partial charge < -0.3 is 15.0 Å². The minimum atomic E-state index is -3.67. The van der Waals surface area contributed by atoms with Crippen molar-refractivity contribution in [1.82, 2.24) is 0 Å². The first kappa shape index (κ1) is 23.1. The third-order valence-corrected chi connectivity index (χ3v) is 0. The highest BCUT2D eigenvalue weighted by atomic mass is 19.4. The van der Waals surface area contributed by atoms with Gasteiger partial charge in [0.2, 0.25) is 0 Å². The van der Waals surface area contributed by atoms with Gasteiger partial charge in [-0.2, -0.15) is 13.2 Å². The van der Waals surface area contributed by atoms with Crippen LogP contribution in [0.2, 0.25) is 0 Å². The molecule has 0 aromatic rings. The van der Waals surface area contributed by atoms with Crippen LogP contribution in [-0.2, 0) is 9.59 Å². The molecule has 0 aliphatic carbocycles. The van der Waals surface area contributed by atoms with E-state index in [1.807, 2.05) is 0 Å². The van der Waals surface area contributed by atoms with E-state index in [4.69, 9.17) is 15.0 Å². The largest absolute Gasteiger partial charge is 0.481 e. The minimum Gasteiger partial charge on any atom is -0.481 e. The van der Waals surface area contributed by atoms with Crippen molar-refractivity contribution in [3.05, 3.63) is 0 Å². The Morgan fingerprint density at radius 1 is 1.00 bits per heavy atom. The summed E-state index contributed by atoms with van der Waals surface area (Å²) in [6.07, 6.45) is 0. The fourth-order valence-electron chi connectivity index (χ4n) is 0. The molecule has 0 rings (SSSR count). The number of hydrogen-bond donors (Lipinski definition) is 2. The molecule has 2 N–H and O–H groups in total. The van der Waals surface area contributed by atoms with Crippen LogP contribution < -0.4 is 0 Å². The zero-order valence-electron chi connectivity index (χ0n) is 8.42. The summed E-state index contributed by atoms with van der Waals surface area (Å²) < 4.78 is 29.0. The van der Waals surface area contributed by atoms with Gasteiger partial charge in [-0.05, 0) is 13.8 Å². The van der Waals surface area contributed by atoms with Crippen LogP contribution in [0.5, 0.6) is 0 Å². The van der Waals surface area contributed by atoms with E-state index in [0.717, 1.165) is 14.0 Å². The van der Waals surface area contributed by atoms with Crippen LogP contribution in [0.3, 0.4) is 0 Å². The highest BCUT2D eigenvalue weighted by molar-refractivity contribution is 5.72. The van der Waals surface area contributed by atoms with E-state index < -0.39 is 12.6 Å². The van der Waals surface area contributed by atoms with Gasteiger partial charge in [0.1, 0.15) is 5.78 Å². The number of aliphatic hydroxyl groups excluding tert-OH is 1. The van der Waals surface area contributed by atoms with E-state index >= 15 is 0 Å². The number of aliphatic hydroxyl groups is 1. The lowest BCUT2D eigenvalue weighted by molar-refractivity contribution is -0.134. The fraction of sp³-hybridized carbons (Fsp3) is 0.714. The lowest BCUT2D eigenvalue weighted by Crippen LogP contribution is -1.78. The van der Waals surface area contributed by atoms with Gasteiger partial charge in [0.15, 0.2) is 0 Å². The van der Waals surface area contributed by atoms with Gasteiger partial charge in [0, 0.05) is 14.0 Å². The van der Waals surface area contributed by atoms with Crippen molar-refractivity contribution in [1.29, 1.82) is 0 Å². The summed E-state index contributed by atoms with van der Waals surface area (Å²) >= 11 is 0. The van der Waals surface area contributed by atoms with E-state index in [1.54, 1.807) is 0 Å². The Kier molecular flexibility index (Phi) is 37.3. The molecule has 0 aromatic heterocycles. The van der Waals surface area contributed by atoms with E-state index in [9.17, 15) is 18.0 Å². The number of Topliss-reactive ketones (excluding diaryl/α,β-unsaturated/α-hetero) is 1. The van der Waals surface area contributed by atoms with Crippen molar-refractivity contribution in [3.63, 3.8) is 0 Å². The predicted molar refractivity (Wildman–Crippen MR) is 44.9 cm³/mol. The number of carboxylic acid groups (broad SMARTS) is 1. The van der Waals surface area contributed by atoms with Crippen LogP contribution >= 0.6 is 0 Å². The molecule has 0 spiro atoms. The summed E-state index contributed by atoms with van der Waals surface area (Å²) in [5.74, 6) is -0.667. The molecule has 0 aliphatic rings. The topological polar surface area (TPSA) is 74.6 Å². The van der Waals surface area contributed by atoms with Gasteiger partial charge in [-0.1, -0.05) is 0 Å². The molecule has 14 heavy (non-hydrogen) atoms. The van der Waals surface area contributed by atoms with Gasteiger partial charge in [0.25, 0.3) is 5.97 Å². The first-order chi connectivity index (χ1) is 6.20. The average molecular weight is 220 g/mol. The van der Waals surface area contributed by atoms with Crippen LogP contribution in [0, 0.1) is 0 Å². The Labute approximate surface area is 80.4 Å². The number of alkyl halides is 3. The maximum absolute atomic E-state index is 9.67. The second-order valence-electron chi connectivity index (χ2n) is 1.67. The number of halogens is 3. The van der Waals surface area contributed by atoms with E-state index in [0.29, 0.717) is 0 Å². The van der Waals surface area contributed by atoms with E-state index in [1.165, 1.54) is 13.8 Å². The van der Waals surface area contributed by atoms with Crippen LogP contribution in [0.1, 0.15) is 20.8 Å². The smallest absolute Gasteiger partial charge is 0.379 e. The molecule has 0 saturated heterocycles. The van der Waals surface area contributed by atoms with E-state index in [2.05, 4.69) is 0 Å². The highest BCUT2D eigenvalue weighted by Gasteiger charge is 1.86. The second-order valence-corrected chi connectivity index (χ2v) is 1.67. The van der Waals surface area contributed by atoms with Gasteiger partial charge in [-0.15, -0.1) is 0 Å². The normalized spacial score (nSPS) is 6.64. The zero-order valence-corrected chi connectivity index (χ0v) is 8.42. The molecular weight excluding hydrogens is 205 g/mol. The zero-order chi connectivity index (χ0) is 12.7. The molecule has 0 radical (unpaired) electrons. The summed E-state index contributed by atoms with van der Waals surface area (Å²) in [5.41, 5.74) is 0. The number of aliphatic carboxylic acids is 1. The summed E-state index contributed by atoms with van der Waals surface area (Å²) in [7, 11) is 1.00. The SMILES string of the molecule is CC(=O)O.CC(C)=O.CO.FC(F)F. The fourth-order valence-corrected chi connectivity index (χ4v) is 0. The Morgan fingerprint density at radius 2 is 1.00 bits per heavy atom. The molecule has 0 aromatic carbocycles. The predicted octanol–water partition coefficient (Wildman–Crippen LogP) is 1.47. The minimum absolute atomic E-state index is 0.167. The standard InChI is InChI=1S/C3H6O.C2H4O2.CHF3.CH4O/c1-3(2)4;1-2(3)4;2-1(3)4;1-2/h1-2H3;1H3,(H,3,4);1H;2H,1H3. The summed E-state index contributed by atoms with van der Waals surface area (Å²) in [5, 5.41) is 14.4. The number of carbonyl (C=O) groups excluding carboxylic acids is 1. The molecule has 0 aliphatic heterocycles. The van der Waals surface area contributed by atoms with Gasteiger partial charge in [0.05, 0.1) is 0 Å². The van der Waals surface area contributed by atoms with Gasteiger partial charge in [-0.25, -0.2) is 0 Å². The quantitative estimate of drug-likeness (QED) is 0.648. The maximum Gasteiger partial charge on any atom is 0.379 e. The van der Waals surface area contributed by atoms with Crippen molar-refractivity contribution >= 4 is 11.8 Å². The summed E-state index contributed by atoms with van der Waals surface area (Å²) in [4.78, 5) is 18.4. The molecule has 0 fully saturated rings. The van der Waals surface area contributed by atoms with Crippen LogP contribution in [-0.4, -0.2) is 35.8 Å². The molecule has 7 heteroatoms. The van der Waals surface area contributed by atoms with Crippen molar-refractivity contribution in [2.45, 2.75) is 27.5 Å². The number of hydrogen-bond acceptors (Lipinski definition) is 3. The van der Waals surface area contributed by atoms with E-state index in [-0.39, 0.29) is 5.78 Å². The number of ketones is 1. The molecule has 0 unspecified atom stereocenters. The Morgan fingerprint density at radius 3 is 1.00 bits per heavy atom. The third kappa shape index (κ3) is 865. The lowest BCUT2D eigenvalue weighted by Gasteiger charge is -1.65. The molecule has 0 bridgehead atoms. The van der Waals surface area contributed by atoms with Crippen LogP contribution in [0.15, 0.2) is 0 Å². The molecule has 4 nitrogen and oxygen atoms in total. The van der Waals surface area contributed by atoms with Gasteiger partial charge >= 0.3 is 6.68 Å². The molecule has 88 valence electrons. The van der Waals surface area contributed by atoms with Crippen LogP contribution in [0.25, 0.3) is 0 Å². The summed E-state index contributed by atoms with van der Waals surface area (Å²) in [6.45, 7) is 0.472. The average Bonchev–Trinajstić information content (AvgIpc) is 1.86. The molecule has 0 saturated carbocycles. The number of carbonyl (C=O) groups is 2. The number of carboxylic acids is 1. The molecule has 0 atom stereocenters. The number of rotatable bonds is 0. The molecule has 0 heterocycles. The highest BCUT2D eigenvalue weighted by Crippen LogP contribution is 1.87. The maximum atomic E-state index is 9.67. The van der Waals surface area contributed by atoms with Crippen molar-refractivity contribution in [2.24, 2.45) is 0 Å².